The SMILES string of the molecule is COC(=O)[C@@H]1C[C@H]2[C@@H]3CCC4=CC(=O)C=C[C@]4(C)[C@H]3[C@@H](O)C[C@]2(C)C1C(=O)CCl. The van der Waals surface area contributed by atoms with E-state index in [0.717, 1.165) is 18.4 Å². The zero-order valence-electron chi connectivity index (χ0n) is 17.2. The highest BCUT2D eigenvalue weighted by atomic mass is 35.5. The molecule has 29 heavy (non-hydrogen) atoms. The molecule has 6 heteroatoms. The fraction of sp³-hybridized carbons (Fsp3) is 0.696. The van der Waals surface area contributed by atoms with Crippen LogP contribution in [0.1, 0.15) is 39.5 Å². The highest BCUT2D eigenvalue weighted by Gasteiger charge is 2.66. The summed E-state index contributed by atoms with van der Waals surface area (Å²) in [5.74, 6) is -1.41. The van der Waals surface area contributed by atoms with Gasteiger partial charge in [-0.05, 0) is 55.1 Å². The number of allylic oxidation sites excluding steroid dienone is 4. The lowest BCUT2D eigenvalue weighted by atomic mass is 9.46. The fourth-order valence-corrected chi connectivity index (χ4v) is 7.60. The summed E-state index contributed by atoms with van der Waals surface area (Å²) in [5.41, 5.74) is 0.231. The smallest absolute Gasteiger partial charge is 0.309 e. The molecule has 3 saturated carbocycles. The van der Waals surface area contributed by atoms with Gasteiger partial charge in [0.15, 0.2) is 11.6 Å². The quantitative estimate of drug-likeness (QED) is 0.560. The number of hydrogen-bond acceptors (Lipinski definition) is 5. The number of carbonyl (C=O) groups excluding carboxylic acids is 3. The van der Waals surface area contributed by atoms with Gasteiger partial charge in [-0.1, -0.05) is 25.5 Å². The monoisotopic (exact) mass is 420 g/mol. The summed E-state index contributed by atoms with van der Waals surface area (Å²) >= 11 is 5.93. The highest BCUT2D eigenvalue weighted by Crippen LogP contribution is 2.67. The number of halogens is 1. The summed E-state index contributed by atoms with van der Waals surface area (Å²) < 4.78 is 5.04. The van der Waals surface area contributed by atoms with E-state index in [4.69, 9.17) is 16.3 Å². The first-order valence-corrected chi connectivity index (χ1v) is 11.0. The van der Waals surface area contributed by atoms with E-state index in [2.05, 4.69) is 6.92 Å². The van der Waals surface area contributed by atoms with Crippen molar-refractivity contribution in [3.05, 3.63) is 23.8 Å². The maximum Gasteiger partial charge on any atom is 0.309 e. The topological polar surface area (TPSA) is 80.7 Å². The molecular formula is C23H29ClO5. The molecule has 0 aromatic rings. The van der Waals surface area contributed by atoms with Crippen molar-refractivity contribution >= 4 is 29.1 Å². The zero-order chi connectivity index (χ0) is 21.1. The first-order valence-electron chi connectivity index (χ1n) is 10.5. The van der Waals surface area contributed by atoms with Crippen LogP contribution in [0.2, 0.25) is 0 Å². The third kappa shape index (κ3) is 2.88. The van der Waals surface area contributed by atoms with E-state index in [1.165, 1.54) is 7.11 Å². The van der Waals surface area contributed by atoms with Crippen LogP contribution >= 0.6 is 11.6 Å². The minimum Gasteiger partial charge on any atom is -0.469 e. The minimum atomic E-state index is -0.616. The lowest BCUT2D eigenvalue weighted by molar-refractivity contribution is -0.152. The maximum absolute atomic E-state index is 12.8. The molecule has 4 aliphatic carbocycles. The fourth-order valence-electron chi connectivity index (χ4n) is 7.44. The van der Waals surface area contributed by atoms with Crippen LogP contribution in [0.3, 0.4) is 0 Å². The number of alkyl halides is 1. The van der Waals surface area contributed by atoms with Crippen molar-refractivity contribution in [3.63, 3.8) is 0 Å². The Kier molecular flexibility index (Phi) is 5.06. The number of carbonyl (C=O) groups is 3. The Morgan fingerprint density at radius 1 is 1.34 bits per heavy atom. The predicted octanol–water partition coefficient (Wildman–Crippen LogP) is 3.09. The second kappa shape index (κ2) is 7.05. The van der Waals surface area contributed by atoms with Gasteiger partial charge >= 0.3 is 5.97 Å². The Bertz CT molecular complexity index is 816. The third-order valence-corrected chi connectivity index (χ3v) is 8.80. The Morgan fingerprint density at radius 3 is 2.72 bits per heavy atom. The molecule has 0 radical (unpaired) electrons. The number of ketones is 2. The summed E-state index contributed by atoms with van der Waals surface area (Å²) in [6.45, 7) is 4.15. The van der Waals surface area contributed by atoms with Crippen molar-refractivity contribution in [2.75, 3.05) is 13.0 Å². The van der Waals surface area contributed by atoms with Gasteiger partial charge in [-0.25, -0.2) is 0 Å². The zero-order valence-corrected chi connectivity index (χ0v) is 17.9. The van der Waals surface area contributed by atoms with Gasteiger partial charge in [-0.2, -0.15) is 0 Å². The molecule has 158 valence electrons. The molecular weight excluding hydrogens is 392 g/mol. The second-order valence-electron chi connectivity index (χ2n) is 9.74. The van der Waals surface area contributed by atoms with Gasteiger partial charge in [-0.3, -0.25) is 14.4 Å². The second-order valence-corrected chi connectivity index (χ2v) is 10.0. The lowest BCUT2D eigenvalue weighted by Gasteiger charge is -2.58. The lowest BCUT2D eigenvalue weighted by Crippen LogP contribution is -2.56. The van der Waals surface area contributed by atoms with Crippen LogP contribution in [-0.4, -0.2) is 41.7 Å². The largest absolute Gasteiger partial charge is 0.469 e. The van der Waals surface area contributed by atoms with Gasteiger partial charge < -0.3 is 9.84 Å². The number of esters is 1. The van der Waals surface area contributed by atoms with Crippen LogP contribution in [0.4, 0.5) is 0 Å². The van der Waals surface area contributed by atoms with Crippen LogP contribution in [0, 0.1) is 40.4 Å². The number of ether oxygens (including phenoxy) is 1. The van der Waals surface area contributed by atoms with Gasteiger partial charge in [0.25, 0.3) is 0 Å². The Labute approximate surface area is 176 Å². The van der Waals surface area contributed by atoms with Gasteiger partial charge in [0.05, 0.1) is 25.0 Å². The van der Waals surface area contributed by atoms with Crippen molar-refractivity contribution in [3.8, 4) is 0 Å². The van der Waals surface area contributed by atoms with Crippen molar-refractivity contribution in [1.82, 2.24) is 0 Å². The van der Waals surface area contributed by atoms with Gasteiger partial charge in [-0.15, -0.1) is 11.6 Å². The average Bonchev–Trinajstić information content (AvgIpc) is 2.99. The Balaban J connectivity index is 1.76. The van der Waals surface area contributed by atoms with E-state index in [0.29, 0.717) is 12.8 Å². The molecule has 0 aliphatic heterocycles. The summed E-state index contributed by atoms with van der Waals surface area (Å²) in [7, 11) is 1.36. The summed E-state index contributed by atoms with van der Waals surface area (Å²) in [4.78, 5) is 37.3. The van der Waals surface area contributed by atoms with E-state index < -0.39 is 23.4 Å². The molecule has 4 aliphatic rings. The Morgan fingerprint density at radius 2 is 2.07 bits per heavy atom. The van der Waals surface area contributed by atoms with Gasteiger partial charge in [0.1, 0.15) is 0 Å². The van der Waals surface area contributed by atoms with Gasteiger partial charge in [0.2, 0.25) is 0 Å². The highest BCUT2D eigenvalue weighted by molar-refractivity contribution is 6.28. The van der Waals surface area contributed by atoms with Crippen LogP contribution in [0.25, 0.3) is 0 Å². The first kappa shape index (κ1) is 20.8. The summed E-state index contributed by atoms with van der Waals surface area (Å²) in [6.07, 6.45) is 7.36. The van der Waals surface area contributed by atoms with E-state index >= 15 is 0 Å². The summed E-state index contributed by atoms with van der Waals surface area (Å²) in [6, 6.07) is 0. The number of aliphatic hydroxyl groups is 1. The minimum absolute atomic E-state index is 0.00505. The van der Waals surface area contributed by atoms with Crippen molar-refractivity contribution in [2.24, 2.45) is 40.4 Å². The number of aliphatic hydroxyl groups excluding tert-OH is 1. The van der Waals surface area contributed by atoms with Crippen LogP contribution < -0.4 is 0 Å². The number of hydrogen-bond donors (Lipinski definition) is 1. The molecule has 0 saturated heterocycles. The molecule has 4 rings (SSSR count). The molecule has 1 N–H and O–H groups in total. The van der Waals surface area contributed by atoms with Crippen LogP contribution in [0.15, 0.2) is 23.8 Å². The molecule has 1 unspecified atom stereocenters. The van der Waals surface area contributed by atoms with Crippen molar-refractivity contribution in [2.45, 2.75) is 45.6 Å². The molecule has 0 bridgehead atoms. The molecule has 0 aromatic carbocycles. The molecule has 5 nitrogen and oxygen atoms in total. The maximum atomic E-state index is 12.8. The molecule has 0 amide bonds. The van der Waals surface area contributed by atoms with Gasteiger partial charge in [0, 0.05) is 17.3 Å². The van der Waals surface area contributed by atoms with Crippen molar-refractivity contribution in [1.29, 1.82) is 0 Å². The summed E-state index contributed by atoms with van der Waals surface area (Å²) in [5, 5.41) is 11.3. The van der Waals surface area contributed by atoms with E-state index in [-0.39, 0.29) is 46.6 Å². The van der Waals surface area contributed by atoms with Crippen LogP contribution in [0.5, 0.6) is 0 Å². The number of rotatable bonds is 3. The molecule has 3 fully saturated rings. The normalized spacial score (nSPS) is 45.7. The van der Waals surface area contributed by atoms with Crippen molar-refractivity contribution < 1.29 is 24.2 Å². The predicted molar refractivity (Wildman–Crippen MR) is 108 cm³/mol. The average molecular weight is 421 g/mol. The van der Waals surface area contributed by atoms with Crippen LogP contribution in [-0.2, 0) is 19.1 Å². The number of methoxy groups -OCH3 is 1. The first-order chi connectivity index (χ1) is 13.7. The molecule has 8 atom stereocenters. The van der Waals surface area contributed by atoms with E-state index in [1.54, 1.807) is 12.2 Å². The Hall–Kier alpha value is -1.46. The third-order valence-electron chi connectivity index (χ3n) is 8.53. The number of Topliss-reactive ketones (excluding diaryl/α,β-unsaturated/α-hetero) is 1. The van der Waals surface area contributed by atoms with E-state index in [1.807, 2.05) is 13.0 Å². The molecule has 0 aromatic heterocycles. The molecule has 0 spiro atoms. The number of fused-ring (bicyclic) bond motifs is 5. The molecule has 0 heterocycles. The standard InChI is InChI=1S/C23H29ClO5/c1-22-7-6-13(25)8-12(22)4-5-14-16-9-15(21(28)29-3)20(18(27)11-24)23(16,2)10-17(26)19(14)22/h6-8,14-17,19-20,26H,4-5,9-11H2,1-3H3/t14-,15+,16-,17-,19+,20?,22-,23-/m0/s1. The van der Waals surface area contributed by atoms with E-state index in [9.17, 15) is 19.5 Å².